The summed E-state index contributed by atoms with van der Waals surface area (Å²) in [6.07, 6.45) is 0. The number of hydrogen-bond acceptors (Lipinski definition) is 2. The zero-order chi connectivity index (χ0) is 31.1. The molecule has 10 rings (SSSR count). The number of aromatic nitrogens is 2. The highest BCUT2D eigenvalue weighted by Crippen LogP contribution is 2.46. The Bertz CT molecular complexity index is 2950. The van der Waals surface area contributed by atoms with Gasteiger partial charge in [0.25, 0.3) is 0 Å². The van der Waals surface area contributed by atoms with Gasteiger partial charge in [-0.15, -0.1) is 0 Å². The summed E-state index contributed by atoms with van der Waals surface area (Å²) in [5, 5.41) is 12.4. The predicted octanol–water partition coefficient (Wildman–Crippen LogP) is 9.89. The second-order valence-electron chi connectivity index (χ2n) is 12.3. The van der Waals surface area contributed by atoms with E-state index in [0.29, 0.717) is 0 Å². The lowest BCUT2D eigenvalue weighted by atomic mass is 10.0. The molecule has 0 fully saturated rings. The van der Waals surface area contributed by atoms with Gasteiger partial charge in [-0.05, 0) is 86.2 Å². The second kappa shape index (κ2) is 9.87. The van der Waals surface area contributed by atoms with Crippen molar-refractivity contribution in [1.29, 1.82) is 0 Å². The minimum absolute atomic E-state index is 0.815. The number of nitrogens with zero attached hydrogens (tertiary/aromatic N) is 2. The van der Waals surface area contributed by atoms with Gasteiger partial charge in [0.15, 0.2) is 7.14 Å². The lowest BCUT2D eigenvalue weighted by Gasteiger charge is -2.23. The molecule has 4 heteroatoms. The van der Waals surface area contributed by atoms with E-state index in [0.717, 1.165) is 75.8 Å². The maximum atomic E-state index is 16.3. The van der Waals surface area contributed by atoms with E-state index < -0.39 is 7.14 Å². The fourth-order valence-electron chi connectivity index (χ4n) is 7.51. The number of rotatable bonds is 3. The third kappa shape index (κ3) is 3.81. The summed E-state index contributed by atoms with van der Waals surface area (Å²) in [7, 11) is -3.38. The molecule has 0 aliphatic carbocycles. The summed E-state index contributed by atoms with van der Waals surface area (Å²) in [5.74, 6) is 0. The van der Waals surface area contributed by atoms with Crippen LogP contribution in [-0.2, 0) is 4.57 Å². The van der Waals surface area contributed by atoms with Crippen LogP contribution in [0.1, 0.15) is 0 Å². The third-order valence-electron chi connectivity index (χ3n) is 9.76. The number of fused-ring (bicyclic) bond motifs is 11. The monoisotopic (exact) mass is 618 g/mol. The number of para-hydroxylation sites is 2. The first kappa shape index (κ1) is 26.5. The highest BCUT2D eigenvalue weighted by atomic mass is 31.2. The Balaban J connectivity index is 1.37. The van der Waals surface area contributed by atoms with Crippen LogP contribution in [-0.4, -0.2) is 9.38 Å². The third-order valence-corrected chi connectivity index (χ3v) is 12.8. The summed E-state index contributed by atoms with van der Waals surface area (Å²) < 4.78 is 18.5. The van der Waals surface area contributed by atoms with Gasteiger partial charge < -0.3 is 4.57 Å². The average Bonchev–Trinajstić information content (AvgIpc) is 3.53. The molecule has 0 saturated heterocycles. The summed E-state index contributed by atoms with van der Waals surface area (Å²) in [6.45, 7) is 0. The lowest BCUT2D eigenvalue weighted by molar-refractivity contribution is 0.592. The van der Waals surface area contributed by atoms with E-state index in [-0.39, 0.29) is 0 Å². The Morgan fingerprint density at radius 2 is 1.04 bits per heavy atom. The lowest BCUT2D eigenvalue weighted by Crippen LogP contribution is -2.25. The van der Waals surface area contributed by atoms with Gasteiger partial charge in [0.05, 0.1) is 16.6 Å². The normalized spacial score (nSPS) is 13.4. The molecule has 8 aromatic carbocycles. The molecule has 2 heterocycles. The quantitative estimate of drug-likeness (QED) is 0.112. The zero-order valence-corrected chi connectivity index (χ0v) is 26.2. The molecule has 0 spiro atoms. The SMILES string of the molecule is O=P(c1ccc2ccccc2c1)(c1ccc2c(c1)c1cc3ccccc3cc1c1nc3ccccc3n21)c1cccc2ccccc12. The van der Waals surface area contributed by atoms with Crippen LogP contribution < -0.4 is 15.9 Å². The van der Waals surface area contributed by atoms with Gasteiger partial charge in [-0.25, -0.2) is 4.98 Å². The van der Waals surface area contributed by atoms with Crippen LogP contribution in [0.3, 0.4) is 0 Å². The van der Waals surface area contributed by atoms with E-state index in [4.69, 9.17) is 4.98 Å². The highest BCUT2D eigenvalue weighted by molar-refractivity contribution is 7.85. The van der Waals surface area contributed by atoms with Gasteiger partial charge in [0.2, 0.25) is 0 Å². The molecule has 0 radical (unpaired) electrons. The molecule has 220 valence electrons. The van der Waals surface area contributed by atoms with Gasteiger partial charge >= 0.3 is 0 Å². The highest BCUT2D eigenvalue weighted by Gasteiger charge is 2.32. The summed E-state index contributed by atoms with van der Waals surface area (Å²) >= 11 is 0. The van der Waals surface area contributed by atoms with Crippen molar-refractivity contribution in [3.05, 3.63) is 164 Å². The van der Waals surface area contributed by atoms with Crippen molar-refractivity contribution in [2.75, 3.05) is 0 Å². The minimum Gasteiger partial charge on any atom is -0.309 e. The molecular formula is C43H27N2OP. The van der Waals surface area contributed by atoms with Gasteiger partial charge in [0.1, 0.15) is 5.65 Å². The fourth-order valence-corrected chi connectivity index (χ4v) is 10.4. The van der Waals surface area contributed by atoms with E-state index in [1.54, 1.807) is 0 Å². The number of benzene rings is 8. The van der Waals surface area contributed by atoms with Crippen molar-refractivity contribution in [2.24, 2.45) is 0 Å². The Labute approximate surface area is 270 Å². The molecule has 0 aliphatic rings. The van der Waals surface area contributed by atoms with Gasteiger partial charge in [0, 0.05) is 26.7 Å². The van der Waals surface area contributed by atoms with Crippen LogP contribution in [0.4, 0.5) is 0 Å². The number of imidazole rings is 1. The molecule has 0 aliphatic heterocycles. The van der Waals surface area contributed by atoms with E-state index in [2.05, 4.69) is 132 Å². The molecule has 1 unspecified atom stereocenters. The first-order valence-electron chi connectivity index (χ1n) is 15.9. The largest absolute Gasteiger partial charge is 0.309 e. The van der Waals surface area contributed by atoms with E-state index in [9.17, 15) is 0 Å². The van der Waals surface area contributed by atoms with Crippen molar-refractivity contribution >= 4 is 93.7 Å². The van der Waals surface area contributed by atoms with Crippen molar-refractivity contribution in [2.45, 2.75) is 0 Å². The number of pyridine rings is 1. The van der Waals surface area contributed by atoms with Crippen LogP contribution in [0.25, 0.3) is 70.7 Å². The zero-order valence-electron chi connectivity index (χ0n) is 25.3. The summed E-state index contributed by atoms with van der Waals surface area (Å²) in [5.41, 5.74) is 3.99. The smallest absolute Gasteiger partial charge is 0.171 e. The average molecular weight is 619 g/mol. The van der Waals surface area contributed by atoms with E-state index >= 15 is 4.57 Å². The minimum atomic E-state index is -3.38. The molecule has 0 N–H and O–H groups in total. The maximum absolute atomic E-state index is 16.3. The van der Waals surface area contributed by atoms with Gasteiger partial charge in [-0.3, -0.25) is 4.40 Å². The van der Waals surface area contributed by atoms with Crippen LogP contribution in [0.15, 0.2) is 164 Å². The molecule has 47 heavy (non-hydrogen) atoms. The van der Waals surface area contributed by atoms with Gasteiger partial charge in [-0.2, -0.15) is 0 Å². The fraction of sp³-hybridized carbons (Fsp3) is 0. The van der Waals surface area contributed by atoms with E-state index in [1.165, 1.54) is 10.8 Å². The molecule has 10 aromatic rings. The molecule has 0 amide bonds. The summed E-state index contributed by atoms with van der Waals surface area (Å²) in [6, 6.07) is 56.8. The summed E-state index contributed by atoms with van der Waals surface area (Å²) in [4.78, 5) is 5.14. The topological polar surface area (TPSA) is 34.4 Å². The Morgan fingerprint density at radius 3 is 1.87 bits per heavy atom. The van der Waals surface area contributed by atoms with Crippen molar-refractivity contribution in [3.8, 4) is 0 Å². The van der Waals surface area contributed by atoms with E-state index in [1.807, 2.05) is 36.4 Å². The molecule has 1 atom stereocenters. The van der Waals surface area contributed by atoms with Crippen LogP contribution in [0.2, 0.25) is 0 Å². The second-order valence-corrected chi connectivity index (χ2v) is 15.1. The first-order valence-corrected chi connectivity index (χ1v) is 17.6. The van der Waals surface area contributed by atoms with Crippen LogP contribution >= 0.6 is 7.14 Å². The number of hydrogen-bond donors (Lipinski definition) is 0. The Kier molecular flexibility index (Phi) is 5.55. The molecule has 0 saturated carbocycles. The van der Waals surface area contributed by atoms with Crippen LogP contribution in [0.5, 0.6) is 0 Å². The molecule has 3 nitrogen and oxygen atoms in total. The predicted molar refractivity (Wildman–Crippen MR) is 200 cm³/mol. The maximum Gasteiger partial charge on any atom is 0.171 e. The van der Waals surface area contributed by atoms with Crippen molar-refractivity contribution in [1.82, 2.24) is 9.38 Å². The molecule has 0 bridgehead atoms. The van der Waals surface area contributed by atoms with Crippen LogP contribution in [0, 0.1) is 0 Å². The van der Waals surface area contributed by atoms with Crippen molar-refractivity contribution < 1.29 is 4.57 Å². The standard InChI is InChI=1S/C43H27N2OP/c46-47(33-21-20-28-10-1-2-12-30(28)24-33,42-19-9-15-29-11-5-6-16-35(29)42)34-22-23-40-37(27-34)36-25-31-13-3-4-14-32(31)26-38(36)43-44-39-17-7-8-18-41(39)45(40)43/h1-27H. The Morgan fingerprint density at radius 1 is 0.426 bits per heavy atom. The molecule has 2 aromatic heterocycles. The Hall–Kier alpha value is -5.76. The first-order chi connectivity index (χ1) is 23.2. The van der Waals surface area contributed by atoms with Crippen molar-refractivity contribution in [3.63, 3.8) is 0 Å². The van der Waals surface area contributed by atoms with Gasteiger partial charge in [-0.1, -0.05) is 115 Å². The molecular weight excluding hydrogens is 591 g/mol.